The Kier molecular flexibility index (Phi) is 7.74. The molecule has 0 aliphatic carbocycles. The lowest BCUT2D eigenvalue weighted by atomic mass is 10.2. The number of nitrogens with one attached hydrogen (secondary N) is 2. The molecule has 0 saturated carbocycles. The first-order chi connectivity index (χ1) is 8.86. The normalized spacial score (nSPS) is 11.0. The molecule has 0 fully saturated rings. The maximum Gasteiger partial charge on any atom is 0.240 e. The van der Waals surface area contributed by atoms with Gasteiger partial charge in [-0.1, -0.05) is 19.9 Å². The minimum Gasteiger partial charge on any atom is -0.329 e. The Morgan fingerprint density at radius 3 is 2.55 bits per heavy atom. The predicted molar refractivity (Wildman–Crippen MR) is 81.4 cm³/mol. The van der Waals surface area contributed by atoms with Gasteiger partial charge in [-0.2, -0.15) is 0 Å². The van der Waals surface area contributed by atoms with Gasteiger partial charge in [0.25, 0.3) is 0 Å². The van der Waals surface area contributed by atoms with E-state index in [9.17, 15) is 13.2 Å². The van der Waals surface area contributed by atoms with Gasteiger partial charge in [-0.15, -0.1) is 12.4 Å². The number of carbonyl (C=O) groups excluding carboxylic acids is 1. The van der Waals surface area contributed by atoms with Gasteiger partial charge < -0.3 is 11.1 Å². The van der Waals surface area contributed by atoms with Crippen molar-refractivity contribution in [1.82, 2.24) is 4.72 Å². The van der Waals surface area contributed by atoms with Crippen molar-refractivity contribution in [3.8, 4) is 0 Å². The van der Waals surface area contributed by atoms with Gasteiger partial charge in [0.1, 0.15) is 0 Å². The fraction of sp³-hybridized carbons (Fsp3) is 0.417. The zero-order valence-corrected chi connectivity index (χ0v) is 13.1. The van der Waals surface area contributed by atoms with Crippen molar-refractivity contribution in [3.05, 3.63) is 24.3 Å². The second-order valence-electron chi connectivity index (χ2n) is 4.36. The average molecular weight is 322 g/mol. The Morgan fingerprint density at radius 2 is 2.00 bits per heavy atom. The minimum atomic E-state index is -3.58. The molecular weight excluding hydrogens is 302 g/mol. The standard InChI is InChI=1S/C12H19N3O3S.ClH/c1-9(2)12(16)15-10-4-3-5-11(8-10)19(17,18)14-7-6-13;/h3-5,8-9,14H,6-7,13H2,1-2H3,(H,15,16);1H. The van der Waals surface area contributed by atoms with E-state index in [-0.39, 0.29) is 42.2 Å². The van der Waals surface area contributed by atoms with Crippen molar-refractivity contribution in [1.29, 1.82) is 0 Å². The monoisotopic (exact) mass is 321 g/mol. The van der Waals surface area contributed by atoms with Gasteiger partial charge in [0.05, 0.1) is 4.90 Å². The number of carbonyl (C=O) groups is 1. The first kappa shape index (κ1) is 18.9. The van der Waals surface area contributed by atoms with E-state index in [1.165, 1.54) is 12.1 Å². The fourth-order valence-electron chi connectivity index (χ4n) is 1.30. The molecule has 0 heterocycles. The van der Waals surface area contributed by atoms with Crippen LogP contribution in [0, 0.1) is 5.92 Å². The van der Waals surface area contributed by atoms with Gasteiger partial charge in [0, 0.05) is 24.7 Å². The smallest absolute Gasteiger partial charge is 0.240 e. The number of amides is 1. The van der Waals surface area contributed by atoms with Crippen LogP contribution in [0.1, 0.15) is 13.8 Å². The van der Waals surface area contributed by atoms with Crippen LogP contribution in [0.15, 0.2) is 29.2 Å². The molecule has 0 aliphatic rings. The highest BCUT2D eigenvalue weighted by Crippen LogP contribution is 2.15. The molecule has 1 rings (SSSR count). The summed E-state index contributed by atoms with van der Waals surface area (Å²) in [5.41, 5.74) is 5.71. The predicted octanol–water partition coefficient (Wildman–Crippen LogP) is 0.940. The van der Waals surface area contributed by atoms with Crippen molar-refractivity contribution in [2.45, 2.75) is 18.7 Å². The van der Waals surface area contributed by atoms with Gasteiger partial charge in [0.2, 0.25) is 15.9 Å². The van der Waals surface area contributed by atoms with Crippen LogP contribution in [0.2, 0.25) is 0 Å². The zero-order chi connectivity index (χ0) is 14.5. The Bertz CT molecular complexity index is 547. The van der Waals surface area contributed by atoms with E-state index in [1.54, 1.807) is 26.0 Å². The highest BCUT2D eigenvalue weighted by Gasteiger charge is 2.14. The SMILES string of the molecule is CC(C)C(=O)Nc1cccc(S(=O)(=O)NCCN)c1.Cl. The number of hydrogen-bond donors (Lipinski definition) is 3. The number of sulfonamides is 1. The van der Waals surface area contributed by atoms with Crippen molar-refractivity contribution in [2.75, 3.05) is 18.4 Å². The molecule has 8 heteroatoms. The van der Waals surface area contributed by atoms with E-state index in [2.05, 4.69) is 10.0 Å². The van der Waals surface area contributed by atoms with Crippen LogP contribution < -0.4 is 15.8 Å². The number of benzene rings is 1. The summed E-state index contributed by atoms with van der Waals surface area (Å²) >= 11 is 0. The summed E-state index contributed by atoms with van der Waals surface area (Å²) in [4.78, 5) is 11.7. The van der Waals surface area contributed by atoms with Crippen LogP contribution in [0.5, 0.6) is 0 Å². The molecular formula is C12H20ClN3O3S. The summed E-state index contributed by atoms with van der Waals surface area (Å²) in [7, 11) is -3.58. The van der Waals surface area contributed by atoms with Gasteiger partial charge in [-0.25, -0.2) is 13.1 Å². The van der Waals surface area contributed by atoms with Crippen LogP contribution in [0.25, 0.3) is 0 Å². The molecule has 0 aromatic heterocycles. The number of rotatable bonds is 6. The van der Waals surface area contributed by atoms with Crippen LogP contribution in [0.4, 0.5) is 5.69 Å². The van der Waals surface area contributed by atoms with Crippen LogP contribution in [-0.2, 0) is 14.8 Å². The molecule has 20 heavy (non-hydrogen) atoms. The number of halogens is 1. The molecule has 1 aromatic carbocycles. The van der Waals surface area contributed by atoms with E-state index in [0.717, 1.165) is 0 Å². The second kappa shape index (κ2) is 8.21. The maximum absolute atomic E-state index is 11.9. The summed E-state index contributed by atoms with van der Waals surface area (Å²) in [5, 5.41) is 2.65. The largest absolute Gasteiger partial charge is 0.329 e. The zero-order valence-electron chi connectivity index (χ0n) is 11.4. The molecule has 114 valence electrons. The van der Waals surface area contributed by atoms with Crippen molar-refractivity contribution in [2.24, 2.45) is 11.7 Å². The highest BCUT2D eigenvalue weighted by molar-refractivity contribution is 7.89. The Balaban J connectivity index is 0.00000361. The van der Waals surface area contributed by atoms with E-state index in [0.29, 0.717) is 5.69 Å². The molecule has 0 spiro atoms. The quantitative estimate of drug-likeness (QED) is 0.725. The molecule has 0 atom stereocenters. The summed E-state index contributed by atoms with van der Waals surface area (Å²) in [6.07, 6.45) is 0. The van der Waals surface area contributed by atoms with Crippen molar-refractivity contribution < 1.29 is 13.2 Å². The van der Waals surface area contributed by atoms with E-state index < -0.39 is 10.0 Å². The van der Waals surface area contributed by atoms with Crippen LogP contribution >= 0.6 is 12.4 Å². The average Bonchev–Trinajstić information content (AvgIpc) is 2.36. The molecule has 0 radical (unpaired) electrons. The molecule has 1 amide bonds. The Hall–Kier alpha value is -1.15. The summed E-state index contributed by atoms with van der Waals surface area (Å²) in [6.45, 7) is 3.92. The number of nitrogens with two attached hydrogens (primary N) is 1. The summed E-state index contributed by atoms with van der Waals surface area (Å²) in [5.74, 6) is -0.333. The number of anilines is 1. The summed E-state index contributed by atoms with van der Waals surface area (Å²) < 4.78 is 26.1. The maximum atomic E-state index is 11.9. The molecule has 1 aromatic rings. The van der Waals surface area contributed by atoms with Gasteiger partial charge in [-0.3, -0.25) is 4.79 Å². The molecule has 0 aliphatic heterocycles. The van der Waals surface area contributed by atoms with E-state index >= 15 is 0 Å². The lowest BCUT2D eigenvalue weighted by Gasteiger charge is -2.10. The van der Waals surface area contributed by atoms with E-state index in [1.807, 2.05) is 0 Å². The van der Waals surface area contributed by atoms with Crippen molar-refractivity contribution >= 4 is 34.0 Å². The first-order valence-corrected chi connectivity index (χ1v) is 7.46. The summed E-state index contributed by atoms with van der Waals surface area (Å²) in [6, 6.07) is 6.10. The second-order valence-corrected chi connectivity index (χ2v) is 6.13. The van der Waals surface area contributed by atoms with Crippen LogP contribution in [0.3, 0.4) is 0 Å². The van der Waals surface area contributed by atoms with E-state index in [4.69, 9.17) is 5.73 Å². The highest BCUT2D eigenvalue weighted by atomic mass is 35.5. The number of hydrogen-bond acceptors (Lipinski definition) is 4. The third-order valence-electron chi connectivity index (χ3n) is 2.37. The lowest BCUT2D eigenvalue weighted by Crippen LogP contribution is -2.29. The molecule has 0 saturated heterocycles. The molecule has 0 bridgehead atoms. The topological polar surface area (TPSA) is 101 Å². The molecule has 4 N–H and O–H groups in total. The molecule has 0 unspecified atom stereocenters. The first-order valence-electron chi connectivity index (χ1n) is 5.97. The fourth-order valence-corrected chi connectivity index (χ4v) is 2.40. The van der Waals surface area contributed by atoms with Crippen molar-refractivity contribution in [3.63, 3.8) is 0 Å². The lowest BCUT2D eigenvalue weighted by molar-refractivity contribution is -0.118. The molecule has 6 nitrogen and oxygen atoms in total. The minimum absolute atomic E-state index is 0. The van der Waals surface area contributed by atoms with Gasteiger partial charge in [0.15, 0.2) is 0 Å². The van der Waals surface area contributed by atoms with Crippen LogP contribution in [-0.4, -0.2) is 27.4 Å². The third kappa shape index (κ3) is 5.46. The van der Waals surface area contributed by atoms with Gasteiger partial charge >= 0.3 is 0 Å². The Labute approximate surface area is 125 Å². The van der Waals surface area contributed by atoms with Gasteiger partial charge in [-0.05, 0) is 18.2 Å². The Morgan fingerprint density at radius 1 is 1.35 bits per heavy atom. The third-order valence-corrected chi connectivity index (χ3v) is 3.83.